The zero-order valence-electron chi connectivity index (χ0n) is 15.2. The molecule has 3 aromatic carbocycles. The van der Waals surface area contributed by atoms with Crippen molar-refractivity contribution in [2.24, 2.45) is 0 Å². The first-order valence-electron chi connectivity index (χ1n) is 8.81. The summed E-state index contributed by atoms with van der Waals surface area (Å²) in [7, 11) is 3.33. The molecule has 0 saturated heterocycles. The topological polar surface area (TPSA) is 58.6 Å². The van der Waals surface area contributed by atoms with Crippen molar-refractivity contribution in [2.75, 3.05) is 19.1 Å². The molecule has 1 heterocycles. The zero-order chi connectivity index (χ0) is 19.0. The van der Waals surface area contributed by atoms with E-state index in [-0.39, 0.29) is 11.8 Å². The molecular formula is C22H20N2O3. The van der Waals surface area contributed by atoms with Crippen molar-refractivity contribution in [1.82, 2.24) is 5.32 Å². The van der Waals surface area contributed by atoms with Gasteiger partial charge in [-0.2, -0.15) is 0 Å². The van der Waals surface area contributed by atoms with Crippen LogP contribution < -0.4 is 15.0 Å². The van der Waals surface area contributed by atoms with Crippen LogP contribution in [0, 0.1) is 0 Å². The number of hydrogen-bond donors (Lipinski definition) is 1. The third kappa shape index (κ3) is 3.01. The van der Waals surface area contributed by atoms with Crippen molar-refractivity contribution < 1.29 is 14.3 Å². The largest absolute Gasteiger partial charge is 0.497 e. The van der Waals surface area contributed by atoms with Crippen LogP contribution in [0.25, 0.3) is 10.8 Å². The lowest BCUT2D eigenvalue weighted by Crippen LogP contribution is -2.51. The highest BCUT2D eigenvalue weighted by Crippen LogP contribution is 2.33. The first-order valence-corrected chi connectivity index (χ1v) is 8.81. The number of carbonyl (C=O) groups is 2. The molecule has 1 atom stereocenters. The van der Waals surface area contributed by atoms with Gasteiger partial charge in [0, 0.05) is 24.7 Å². The van der Waals surface area contributed by atoms with Gasteiger partial charge in [0.15, 0.2) is 0 Å². The maximum Gasteiger partial charge on any atom is 0.251 e. The van der Waals surface area contributed by atoms with Crippen LogP contribution in [0.4, 0.5) is 5.69 Å². The summed E-state index contributed by atoms with van der Waals surface area (Å²) in [5, 5.41) is 5.12. The Balaban J connectivity index is 1.64. The van der Waals surface area contributed by atoms with E-state index in [1.165, 1.54) is 0 Å². The van der Waals surface area contributed by atoms with E-state index in [0.717, 1.165) is 22.0 Å². The minimum Gasteiger partial charge on any atom is -0.497 e. The Kier molecular flexibility index (Phi) is 4.28. The number of methoxy groups -OCH3 is 1. The first-order chi connectivity index (χ1) is 13.1. The number of rotatable bonds is 3. The molecule has 0 bridgehead atoms. The fraction of sp³-hybridized carbons (Fsp3) is 0.182. The lowest BCUT2D eigenvalue weighted by Gasteiger charge is -2.32. The molecule has 0 saturated carbocycles. The highest BCUT2D eigenvalue weighted by Gasteiger charge is 2.32. The van der Waals surface area contributed by atoms with Crippen molar-refractivity contribution in [3.05, 3.63) is 71.8 Å². The van der Waals surface area contributed by atoms with Crippen LogP contribution in [0.1, 0.15) is 15.9 Å². The van der Waals surface area contributed by atoms with E-state index in [2.05, 4.69) is 17.4 Å². The van der Waals surface area contributed by atoms with Gasteiger partial charge < -0.3 is 15.0 Å². The Hall–Kier alpha value is -3.34. The van der Waals surface area contributed by atoms with E-state index < -0.39 is 6.04 Å². The van der Waals surface area contributed by atoms with Gasteiger partial charge in [-0.3, -0.25) is 9.59 Å². The van der Waals surface area contributed by atoms with Crippen molar-refractivity contribution in [2.45, 2.75) is 12.5 Å². The second-order valence-corrected chi connectivity index (χ2v) is 6.64. The Labute approximate surface area is 157 Å². The molecule has 136 valence electrons. The molecule has 3 aromatic rings. The summed E-state index contributed by atoms with van der Waals surface area (Å²) in [5.74, 6) is 0.299. The number of likely N-dealkylation sites (N-methyl/N-ethyl adjacent to an activating group) is 1. The number of nitrogens with zero attached hydrogens (tertiary/aromatic N) is 1. The fourth-order valence-corrected chi connectivity index (χ4v) is 3.59. The van der Waals surface area contributed by atoms with Crippen LogP contribution in [-0.4, -0.2) is 32.0 Å². The maximum absolute atomic E-state index is 12.8. The first kappa shape index (κ1) is 17.1. The number of fused-ring (bicyclic) bond motifs is 3. The average molecular weight is 360 g/mol. The third-order valence-electron chi connectivity index (χ3n) is 5.07. The van der Waals surface area contributed by atoms with Crippen molar-refractivity contribution in [3.8, 4) is 5.75 Å². The monoisotopic (exact) mass is 360 g/mol. The zero-order valence-corrected chi connectivity index (χ0v) is 15.2. The molecule has 0 spiro atoms. The standard InChI is InChI=1S/C22H20N2O3/c1-24-20-12-9-14-5-3-4-6-17(14)18(20)13-19(22(24)26)23-21(25)15-7-10-16(27-2)11-8-15/h3-12,19H,13H2,1-2H3,(H,23,25). The number of anilines is 1. The van der Waals surface area contributed by atoms with Gasteiger partial charge in [0.2, 0.25) is 5.91 Å². The molecule has 0 fully saturated rings. The van der Waals surface area contributed by atoms with Crippen LogP contribution in [-0.2, 0) is 11.2 Å². The van der Waals surface area contributed by atoms with E-state index in [4.69, 9.17) is 4.74 Å². The SMILES string of the molecule is COc1ccc(C(=O)NC2Cc3c(ccc4ccccc34)N(C)C2=O)cc1. The molecule has 0 radical (unpaired) electrons. The molecular weight excluding hydrogens is 340 g/mol. The van der Waals surface area contributed by atoms with Crippen molar-refractivity contribution in [3.63, 3.8) is 0 Å². The minimum atomic E-state index is -0.595. The molecule has 0 aromatic heterocycles. The second kappa shape index (κ2) is 6.76. The quantitative estimate of drug-likeness (QED) is 0.780. The predicted octanol–water partition coefficient (Wildman–Crippen LogP) is 3.17. The van der Waals surface area contributed by atoms with Gasteiger partial charge in [-0.1, -0.05) is 30.3 Å². The molecule has 1 N–H and O–H groups in total. The Morgan fingerprint density at radius 2 is 1.81 bits per heavy atom. The average Bonchev–Trinajstić information content (AvgIpc) is 2.71. The summed E-state index contributed by atoms with van der Waals surface area (Å²) < 4.78 is 5.12. The molecule has 2 amide bonds. The van der Waals surface area contributed by atoms with Gasteiger partial charge in [-0.15, -0.1) is 0 Å². The van der Waals surface area contributed by atoms with Gasteiger partial charge in [-0.25, -0.2) is 0 Å². The predicted molar refractivity (Wildman–Crippen MR) is 105 cm³/mol. The van der Waals surface area contributed by atoms with Crippen LogP contribution in [0.2, 0.25) is 0 Å². The number of amides is 2. The molecule has 4 rings (SSSR count). The number of hydrogen-bond acceptors (Lipinski definition) is 3. The van der Waals surface area contributed by atoms with Gasteiger partial charge in [0.05, 0.1) is 7.11 Å². The summed E-state index contributed by atoms with van der Waals surface area (Å²) in [6.45, 7) is 0. The minimum absolute atomic E-state index is 0.111. The van der Waals surface area contributed by atoms with Crippen molar-refractivity contribution in [1.29, 1.82) is 0 Å². The van der Waals surface area contributed by atoms with Crippen LogP contribution in [0.15, 0.2) is 60.7 Å². The fourth-order valence-electron chi connectivity index (χ4n) is 3.59. The Morgan fingerprint density at radius 3 is 2.56 bits per heavy atom. The summed E-state index contributed by atoms with van der Waals surface area (Å²) in [5.41, 5.74) is 2.47. The van der Waals surface area contributed by atoms with Crippen LogP contribution >= 0.6 is 0 Å². The van der Waals surface area contributed by atoms with Crippen LogP contribution in [0.3, 0.4) is 0 Å². The smallest absolute Gasteiger partial charge is 0.251 e. The molecule has 0 aliphatic carbocycles. The second-order valence-electron chi connectivity index (χ2n) is 6.64. The number of ether oxygens (including phenoxy) is 1. The summed E-state index contributed by atoms with van der Waals surface area (Å²) >= 11 is 0. The molecule has 27 heavy (non-hydrogen) atoms. The Morgan fingerprint density at radius 1 is 1.07 bits per heavy atom. The van der Waals surface area contributed by atoms with Gasteiger partial charge in [-0.05, 0) is 46.7 Å². The highest BCUT2D eigenvalue weighted by molar-refractivity contribution is 6.06. The summed E-state index contributed by atoms with van der Waals surface area (Å²) in [6.07, 6.45) is 0.474. The molecule has 5 nitrogen and oxygen atoms in total. The van der Waals surface area contributed by atoms with Gasteiger partial charge in [0.25, 0.3) is 5.91 Å². The lowest BCUT2D eigenvalue weighted by molar-refractivity contribution is -0.120. The number of nitrogens with one attached hydrogen (secondary N) is 1. The lowest BCUT2D eigenvalue weighted by atomic mass is 9.92. The number of carbonyl (C=O) groups excluding carboxylic acids is 2. The third-order valence-corrected chi connectivity index (χ3v) is 5.07. The van der Waals surface area contributed by atoms with Crippen LogP contribution in [0.5, 0.6) is 5.75 Å². The van der Waals surface area contributed by atoms with E-state index >= 15 is 0 Å². The summed E-state index contributed by atoms with van der Waals surface area (Å²) in [4.78, 5) is 27.0. The van der Waals surface area contributed by atoms with E-state index in [9.17, 15) is 9.59 Å². The number of benzene rings is 3. The molecule has 1 unspecified atom stereocenters. The highest BCUT2D eigenvalue weighted by atomic mass is 16.5. The molecule has 1 aliphatic heterocycles. The normalized spacial score (nSPS) is 16.1. The van der Waals surface area contributed by atoms with E-state index in [0.29, 0.717) is 17.7 Å². The van der Waals surface area contributed by atoms with E-state index in [1.807, 2.05) is 24.3 Å². The molecule has 5 heteroatoms. The molecule has 1 aliphatic rings. The van der Waals surface area contributed by atoms with Gasteiger partial charge >= 0.3 is 0 Å². The Bertz CT molecular complexity index is 1030. The van der Waals surface area contributed by atoms with E-state index in [1.54, 1.807) is 43.3 Å². The summed E-state index contributed by atoms with van der Waals surface area (Å²) in [6, 6.07) is 18.3. The van der Waals surface area contributed by atoms with Gasteiger partial charge in [0.1, 0.15) is 11.8 Å². The van der Waals surface area contributed by atoms with Crippen molar-refractivity contribution >= 4 is 28.3 Å². The maximum atomic E-state index is 12.8.